The van der Waals surface area contributed by atoms with E-state index < -0.39 is 0 Å². The van der Waals surface area contributed by atoms with Gasteiger partial charge in [0.2, 0.25) is 0 Å². The molecule has 0 unspecified atom stereocenters. The van der Waals surface area contributed by atoms with Crippen LogP contribution in [0.15, 0.2) is 15.0 Å². The lowest BCUT2D eigenvalue weighted by atomic mass is 10.1. The maximum Gasteiger partial charge on any atom is 0.168 e. The van der Waals surface area contributed by atoms with Gasteiger partial charge in [-0.05, 0) is 75.1 Å². The average Bonchev–Trinajstić information content (AvgIpc) is 2.09. The molecule has 0 aliphatic carbocycles. The molecule has 3 N–H and O–H groups in total. The Bertz CT molecular complexity index is 391. The number of aryl methyl sites for hydroxylation is 1. The summed E-state index contributed by atoms with van der Waals surface area (Å²) in [5.74, 6) is 0. The van der Waals surface area contributed by atoms with Crippen molar-refractivity contribution in [2.45, 2.75) is 13.8 Å². The molecule has 0 saturated heterocycles. The molecule has 0 heterocycles. The zero-order valence-electron chi connectivity index (χ0n) is 7.82. The zero-order valence-corrected chi connectivity index (χ0v) is 11.8. The van der Waals surface area contributed by atoms with Gasteiger partial charge < -0.3 is 11.1 Å². The molecular weight excluding hydrogens is 328 g/mol. The van der Waals surface area contributed by atoms with Gasteiger partial charge in [-0.15, -0.1) is 0 Å². The molecule has 1 aromatic carbocycles. The first-order valence-corrected chi connectivity index (χ1v) is 5.94. The number of nitrogens with two attached hydrogens (primary N) is 1. The molecule has 2 nitrogen and oxygen atoms in total. The van der Waals surface area contributed by atoms with E-state index in [0.29, 0.717) is 0 Å². The Morgan fingerprint density at radius 1 is 1.43 bits per heavy atom. The topological polar surface area (TPSA) is 38.0 Å². The zero-order chi connectivity index (χ0) is 10.9. The van der Waals surface area contributed by atoms with Gasteiger partial charge in [0.1, 0.15) is 0 Å². The Morgan fingerprint density at radius 3 is 2.50 bits per heavy atom. The van der Waals surface area contributed by atoms with Crippen LogP contribution in [0.1, 0.15) is 11.1 Å². The van der Waals surface area contributed by atoms with E-state index in [-0.39, 0.29) is 5.11 Å². The van der Waals surface area contributed by atoms with Gasteiger partial charge in [0.25, 0.3) is 0 Å². The molecule has 0 aliphatic rings. The van der Waals surface area contributed by atoms with Crippen molar-refractivity contribution in [2.75, 3.05) is 5.32 Å². The number of benzene rings is 1. The van der Waals surface area contributed by atoms with Crippen LogP contribution in [0.3, 0.4) is 0 Å². The van der Waals surface area contributed by atoms with Gasteiger partial charge in [0, 0.05) is 8.95 Å². The highest BCUT2D eigenvalue weighted by Crippen LogP contribution is 2.35. The highest BCUT2D eigenvalue weighted by molar-refractivity contribution is 9.11. The second kappa shape index (κ2) is 4.59. The Kier molecular flexibility index (Phi) is 3.92. The van der Waals surface area contributed by atoms with Gasteiger partial charge in [-0.25, -0.2) is 0 Å². The van der Waals surface area contributed by atoms with Crippen molar-refractivity contribution in [3.63, 3.8) is 0 Å². The number of anilines is 1. The van der Waals surface area contributed by atoms with Crippen molar-refractivity contribution in [1.29, 1.82) is 0 Å². The molecule has 0 spiro atoms. The first-order chi connectivity index (χ1) is 6.43. The number of nitrogens with one attached hydrogen (secondary N) is 1. The summed E-state index contributed by atoms with van der Waals surface area (Å²) in [5.41, 5.74) is 8.68. The van der Waals surface area contributed by atoms with Crippen LogP contribution in [0.5, 0.6) is 0 Å². The lowest BCUT2D eigenvalue weighted by molar-refractivity contribution is 1.30. The minimum Gasteiger partial charge on any atom is -0.376 e. The molecule has 76 valence electrons. The average molecular weight is 338 g/mol. The Hall–Kier alpha value is -0.130. The number of hydrogen-bond acceptors (Lipinski definition) is 1. The summed E-state index contributed by atoms with van der Waals surface area (Å²) in [4.78, 5) is 0. The number of thiocarbonyl (C=S) groups is 1. The van der Waals surface area contributed by atoms with E-state index in [2.05, 4.69) is 44.1 Å². The molecular formula is C9H10Br2N2S. The van der Waals surface area contributed by atoms with E-state index in [9.17, 15) is 0 Å². The maximum atomic E-state index is 5.43. The van der Waals surface area contributed by atoms with Gasteiger partial charge in [0.15, 0.2) is 5.11 Å². The van der Waals surface area contributed by atoms with Crippen LogP contribution >= 0.6 is 44.1 Å². The van der Waals surface area contributed by atoms with Crippen molar-refractivity contribution in [1.82, 2.24) is 0 Å². The van der Waals surface area contributed by atoms with E-state index in [1.807, 2.05) is 13.0 Å². The number of hydrogen-bond donors (Lipinski definition) is 2. The van der Waals surface area contributed by atoms with Crippen molar-refractivity contribution in [3.8, 4) is 0 Å². The first kappa shape index (κ1) is 11.9. The molecule has 0 aliphatic heterocycles. The summed E-state index contributed by atoms with van der Waals surface area (Å²) in [6, 6.07) is 2.03. The molecule has 14 heavy (non-hydrogen) atoms. The van der Waals surface area contributed by atoms with Crippen LogP contribution in [0.4, 0.5) is 5.69 Å². The quantitative estimate of drug-likeness (QED) is 0.770. The Balaban J connectivity index is 3.29. The smallest absolute Gasteiger partial charge is 0.168 e. The largest absolute Gasteiger partial charge is 0.376 e. The van der Waals surface area contributed by atoms with E-state index in [0.717, 1.165) is 14.6 Å². The minimum atomic E-state index is 0.259. The summed E-state index contributed by atoms with van der Waals surface area (Å²) < 4.78 is 1.93. The number of rotatable bonds is 1. The van der Waals surface area contributed by atoms with Crippen LogP contribution in [0.2, 0.25) is 0 Å². The third kappa shape index (κ3) is 2.46. The molecule has 1 aromatic rings. The van der Waals surface area contributed by atoms with Crippen LogP contribution < -0.4 is 11.1 Å². The third-order valence-corrected chi connectivity index (χ3v) is 3.69. The molecule has 0 saturated carbocycles. The van der Waals surface area contributed by atoms with Crippen molar-refractivity contribution < 1.29 is 0 Å². The van der Waals surface area contributed by atoms with Crippen molar-refractivity contribution in [2.24, 2.45) is 5.73 Å². The van der Waals surface area contributed by atoms with Crippen LogP contribution in [0, 0.1) is 13.8 Å². The molecule has 0 bridgehead atoms. The van der Waals surface area contributed by atoms with Crippen molar-refractivity contribution >= 4 is 54.9 Å². The van der Waals surface area contributed by atoms with E-state index in [1.165, 1.54) is 11.1 Å². The van der Waals surface area contributed by atoms with Crippen LogP contribution in [-0.4, -0.2) is 5.11 Å². The maximum absolute atomic E-state index is 5.43. The molecule has 0 atom stereocenters. The van der Waals surface area contributed by atoms with Crippen molar-refractivity contribution in [3.05, 3.63) is 26.1 Å². The highest BCUT2D eigenvalue weighted by Gasteiger charge is 2.10. The third-order valence-electron chi connectivity index (χ3n) is 1.97. The first-order valence-electron chi connectivity index (χ1n) is 3.95. The van der Waals surface area contributed by atoms with E-state index >= 15 is 0 Å². The Labute approximate surface area is 106 Å². The van der Waals surface area contributed by atoms with Gasteiger partial charge in [-0.1, -0.05) is 0 Å². The summed E-state index contributed by atoms with van der Waals surface area (Å²) in [6.45, 7) is 4.09. The van der Waals surface area contributed by atoms with Crippen LogP contribution in [0.25, 0.3) is 0 Å². The molecule has 0 aromatic heterocycles. The predicted octanol–water partition coefficient (Wildman–Crippen LogP) is 3.48. The normalized spacial score (nSPS) is 10.0. The van der Waals surface area contributed by atoms with Gasteiger partial charge in [0.05, 0.1) is 5.69 Å². The summed E-state index contributed by atoms with van der Waals surface area (Å²) in [5, 5.41) is 3.18. The fourth-order valence-electron chi connectivity index (χ4n) is 1.07. The summed E-state index contributed by atoms with van der Waals surface area (Å²) in [7, 11) is 0. The molecule has 0 amide bonds. The van der Waals surface area contributed by atoms with Gasteiger partial charge in [-0.3, -0.25) is 0 Å². The van der Waals surface area contributed by atoms with Crippen LogP contribution in [-0.2, 0) is 0 Å². The second-order valence-corrected chi connectivity index (χ2v) is 5.07. The lowest BCUT2D eigenvalue weighted by Crippen LogP contribution is -2.19. The SMILES string of the molecule is Cc1cc(Br)c(NC(N)=S)c(Br)c1C. The molecule has 0 radical (unpaired) electrons. The standard InChI is InChI=1S/C9H10Br2N2S/c1-4-3-6(10)8(13-9(12)14)7(11)5(4)2/h3H,1-2H3,(H3,12,13,14). The fraction of sp³-hybridized carbons (Fsp3) is 0.222. The Morgan fingerprint density at radius 2 is 2.00 bits per heavy atom. The molecule has 1 rings (SSSR count). The molecule has 5 heteroatoms. The number of halogens is 2. The summed E-state index contributed by atoms with van der Waals surface area (Å²) >= 11 is 11.8. The van der Waals surface area contributed by atoms with E-state index in [4.69, 9.17) is 18.0 Å². The monoisotopic (exact) mass is 336 g/mol. The minimum absolute atomic E-state index is 0.259. The lowest BCUT2D eigenvalue weighted by Gasteiger charge is -2.13. The van der Waals surface area contributed by atoms with Gasteiger partial charge >= 0.3 is 0 Å². The second-order valence-electron chi connectivity index (χ2n) is 2.98. The highest BCUT2D eigenvalue weighted by atomic mass is 79.9. The molecule has 0 fully saturated rings. The fourth-order valence-corrected chi connectivity index (χ4v) is 2.71. The van der Waals surface area contributed by atoms with Gasteiger partial charge in [-0.2, -0.15) is 0 Å². The van der Waals surface area contributed by atoms with E-state index in [1.54, 1.807) is 0 Å². The summed E-state index contributed by atoms with van der Waals surface area (Å²) in [6.07, 6.45) is 0. The predicted molar refractivity (Wildman–Crippen MR) is 71.7 cm³/mol.